The topological polar surface area (TPSA) is 20.3 Å². The summed E-state index contributed by atoms with van der Waals surface area (Å²) >= 11 is 4.83. The quantitative estimate of drug-likeness (QED) is 0.777. The molecule has 13 heavy (non-hydrogen) atoms. The van der Waals surface area contributed by atoms with Crippen molar-refractivity contribution < 1.29 is 4.79 Å². The van der Waals surface area contributed by atoms with E-state index in [9.17, 15) is 4.79 Å². The highest BCUT2D eigenvalue weighted by Gasteiger charge is 2.09. The van der Waals surface area contributed by atoms with E-state index in [0.717, 1.165) is 15.2 Å². The molecule has 0 radical (unpaired) electrons. The monoisotopic (exact) mass is 261 g/mol. The van der Waals surface area contributed by atoms with E-state index in [4.69, 9.17) is 0 Å². The van der Waals surface area contributed by atoms with Gasteiger partial charge in [-0.1, -0.05) is 6.92 Å². The van der Waals surface area contributed by atoms with Crippen LogP contribution in [0.1, 0.15) is 16.6 Å². The second kappa shape index (κ2) is 4.88. The lowest BCUT2D eigenvalue weighted by atomic mass is 10.3. The average molecular weight is 262 g/mol. The first-order chi connectivity index (χ1) is 6.13. The highest BCUT2D eigenvalue weighted by molar-refractivity contribution is 9.11. The van der Waals surface area contributed by atoms with Crippen LogP contribution in [0.3, 0.4) is 0 Å². The number of halogens is 1. The number of ketones is 1. The zero-order valence-electron chi connectivity index (χ0n) is 7.71. The third kappa shape index (κ3) is 3.21. The highest BCUT2D eigenvalue weighted by Crippen LogP contribution is 2.22. The number of nitrogens with zero attached hydrogens (tertiary/aromatic N) is 1. The van der Waals surface area contributed by atoms with Gasteiger partial charge in [0.1, 0.15) is 0 Å². The van der Waals surface area contributed by atoms with Gasteiger partial charge < -0.3 is 0 Å². The molecule has 1 aromatic rings. The van der Waals surface area contributed by atoms with Gasteiger partial charge in [0.25, 0.3) is 0 Å². The number of Topliss-reactive ketones (excluding diaryl/α,β-unsaturated/α-hetero) is 1. The Morgan fingerprint density at radius 3 is 2.77 bits per heavy atom. The lowest BCUT2D eigenvalue weighted by Gasteiger charge is -2.11. The molecule has 1 aromatic heterocycles. The predicted octanol–water partition coefficient (Wildman–Crippen LogP) is 2.65. The molecule has 72 valence electrons. The molecule has 4 heteroatoms. The molecule has 0 aliphatic heterocycles. The molecule has 0 N–H and O–H groups in total. The zero-order chi connectivity index (χ0) is 9.84. The molecule has 0 unspecified atom stereocenters. The number of carbonyl (C=O) groups excluding carboxylic acids is 1. The van der Waals surface area contributed by atoms with Gasteiger partial charge in [-0.15, -0.1) is 11.3 Å². The third-order valence-electron chi connectivity index (χ3n) is 1.80. The number of hydrogen-bond donors (Lipinski definition) is 0. The standard InChI is InChI=1S/C9H12BrNOS/c1-3-11(2)6-7(12)8-4-5-9(10)13-8/h4-5H,3,6H2,1-2H3. The molecular formula is C9H12BrNOS. The van der Waals surface area contributed by atoms with Gasteiger partial charge >= 0.3 is 0 Å². The van der Waals surface area contributed by atoms with E-state index in [-0.39, 0.29) is 5.78 Å². The number of likely N-dealkylation sites (N-methyl/N-ethyl adjacent to an activating group) is 1. The lowest BCUT2D eigenvalue weighted by molar-refractivity contribution is 0.0953. The van der Waals surface area contributed by atoms with Crippen LogP contribution >= 0.6 is 27.3 Å². The van der Waals surface area contributed by atoms with E-state index in [0.29, 0.717) is 6.54 Å². The maximum Gasteiger partial charge on any atom is 0.186 e. The minimum absolute atomic E-state index is 0.194. The van der Waals surface area contributed by atoms with E-state index in [1.54, 1.807) is 0 Å². The van der Waals surface area contributed by atoms with E-state index < -0.39 is 0 Å². The Bertz CT molecular complexity index is 298. The van der Waals surface area contributed by atoms with Crippen molar-refractivity contribution in [2.45, 2.75) is 6.92 Å². The summed E-state index contributed by atoms with van der Waals surface area (Å²) in [6.45, 7) is 3.44. The normalized spacial score (nSPS) is 10.8. The molecule has 1 rings (SSSR count). The summed E-state index contributed by atoms with van der Waals surface area (Å²) in [7, 11) is 1.94. The Morgan fingerprint density at radius 1 is 1.62 bits per heavy atom. The molecule has 0 saturated carbocycles. The van der Waals surface area contributed by atoms with Crippen LogP contribution < -0.4 is 0 Å². The minimum atomic E-state index is 0.194. The Kier molecular flexibility index (Phi) is 4.09. The minimum Gasteiger partial charge on any atom is -0.299 e. The summed E-state index contributed by atoms with van der Waals surface area (Å²) < 4.78 is 1.01. The molecular weight excluding hydrogens is 250 g/mol. The number of rotatable bonds is 4. The Labute approximate surface area is 90.7 Å². The van der Waals surface area contributed by atoms with Gasteiger partial charge in [0.15, 0.2) is 5.78 Å². The summed E-state index contributed by atoms with van der Waals surface area (Å²) in [5.74, 6) is 0.194. The number of carbonyl (C=O) groups is 1. The zero-order valence-corrected chi connectivity index (χ0v) is 10.1. The van der Waals surface area contributed by atoms with E-state index in [2.05, 4.69) is 15.9 Å². The Morgan fingerprint density at radius 2 is 2.31 bits per heavy atom. The van der Waals surface area contributed by atoms with E-state index >= 15 is 0 Å². The molecule has 0 amide bonds. The van der Waals surface area contributed by atoms with Crippen LogP contribution in [0.15, 0.2) is 15.9 Å². The first kappa shape index (κ1) is 10.9. The van der Waals surface area contributed by atoms with Gasteiger partial charge in [0.05, 0.1) is 15.2 Å². The molecule has 0 spiro atoms. The third-order valence-corrected chi connectivity index (χ3v) is 3.47. The Hall–Kier alpha value is -0.190. The van der Waals surface area contributed by atoms with Gasteiger partial charge in [-0.2, -0.15) is 0 Å². The smallest absolute Gasteiger partial charge is 0.186 e. The molecule has 1 heterocycles. The fourth-order valence-corrected chi connectivity index (χ4v) is 2.22. The summed E-state index contributed by atoms with van der Waals surface area (Å²) in [6.07, 6.45) is 0. The molecule has 0 fully saturated rings. The van der Waals surface area contributed by atoms with Crippen LogP contribution in [0, 0.1) is 0 Å². The molecule has 0 atom stereocenters. The van der Waals surface area contributed by atoms with Crippen molar-refractivity contribution in [1.82, 2.24) is 4.90 Å². The molecule has 0 aliphatic rings. The van der Waals surface area contributed by atoms with Crippen molar-refractivity contribution in [2.24, 2.45) is 0 Å². The maximum atomic E-state index is 11.6. The average Bonchev–Trinajstić information content (AvgIpc) is 2.51. The van der Waals surface area contributed by atoms with E-state index in [1.807, 2.05) is 31.0 Å². The van der Waals surface area contributed by atoms with Gasteiger partial charge in [0, 0.05) is 0 Å². The first-order valence-corrected chi connectivity index (χ1v) is 5.71. The molecule has 0 bridgehead atoms. The lowest BCUT2D eigenvalue weighted by Crippen LogP contribution is -2.25. The molecule has 0 aromatic carbocycles. The second-order valence-corrected chi connectivity index (χ2v) is 5.32. The van der Waals surface area contributed by atoms with Gasteiger partial charge in [-0.25, -0.2) is 0 Å². The number of thiophene rings is 1. The summed E-state index contributed by atoms with van der Waals surface area (Å²) in [6, 6.07) is 3.77. The van der Waals surface area contributed by atoms with Gasteiger partial charge in [-0.05, 0) is 41.7 Å². The fourth-order valence-electron chi connectivity index (χ4n) is 0.899. The van der Waals surface area contributed by atoms with Gasteiger partial charge in [0.2, 0.25) is 0 Å². The maximum absolute atomic E-state index is 11.6. The van der Waals surface area contributed by atoms with E-state index in [1.165, 1.54) is 11.3 Å². The first-order valence-electron chi connectivity index (χ1n) is 4.10. The summed E-state index contributed by atoms with van der Waals surface area (Å²) in [4.78, 5) is 14.4. The van der Waals surface area contributed by atoms with Crippen molar-refractivity contribution >= 4 is 33.0 Å². The SMILES string of the molecule is CCN(C)CC(=O)c1ccc(Br)s1. The van der Waals surface area contributed by atoms with Crippen LogP contribution in [0.25, 0.3) is 0 Å². The largest absolute Gasteiger partial charge is 0.299 e. The molecule has 0 aliphatic carbocycles. The van der Waals surface area contributed by atoms with Crippen molar-refractivity contribution in [3.05, 3.63) is 20.8 Å². The Balaban J connectivity index is 2.58. The van der Waals surface area contributed by atoms with Crippen LogP contribution in [0.4, 0.5) is 0 Å². The van der Waals surface area contributed by atoms with Gasteiger partial charge in [-0.3, -0.25) is 9.69 Å². The predicted molar refractivity (Wildman–Crippen MR) is 59.5 cm³/mol. The van der Waals surface area contributed by atoms with Crippen molar-refractivity contribution in [3.63, 3.8) is 0 Å². The van der Waals surface area contributed by atoms with Crippen molar-refractivity contribution in [2.75, 3.05) is 20.1 Å². The van der Waals surface area contributed by atoms with Crippen LogP contribution in [0.2, 0.25) is 0 Å². The van der Waals surface area contributed by atoms with Crippen molar-refractivity contribution in [3.8, 4) is 0 Å². The summed E-state index contributed by atoms with van der Waals surface area (Å²) in [5, 5.41) is 0. The van der Waals surface area contributed by atoms with Crippen LogP contribution in [-0.2, 0) is 0 Å². The van der Waals surface area contributed by atoms with Crippen molar-refractivity contribution in [1.29, 1.82) is 0 Å². The second-order valence-electron chi connectivity index (χ2n) is 2.86. The molecule has 0 saturated heterocycles. The van der Waals surface area contributed by atoms with Crippen LogP contribution in [0.5, 0.6) is 0 Å². The molecule has 2 nitrogen and oxygen atoms in total. The summed E-state index contributed by atoms with van der Waals surface area (Å²) in [5.41, 5.74) is 0. The number of hydrogen-bond acceptors (Lipinski definition) is 3. The highest BCUT2D eigenvalue weighted by atomic mass is 79.9. The van der Waals surface area contributed by atoms with Crippen LogP contribution in [-0.4, -0.2) is 30.8 Å². The fraction of sp³-hybridized carbons (Fsp3) is 0.444.